The lowest BCUT2D eigenvalue weighted by Gasteiger charge is -2.23. The third kappa shape index (κ3) is 9.56. The van der Waals surface area contributed by atoms with Gasteiger partial charge in [-0.25, -0.2) is 13.2 Å². The molecule has 0 spiro atoms. The van der Waals surface area contributed by atoms with Gasteiger partial charge in [-0.1, -0.05) is 48.5 Å². The van der Waals surface area contributed by atoms with Crippen LogP contribution in [-0.2, 0) is 21.4 Å². The Morgan fingerprint density at radius 1 is 0.891 bits per heavy atom. The number of aliphatic hydroxyl groups excluding tert-OH is 1. The molecular weight excluding hydrogens is 604 g/mol. The second-order valence-corrected chi connectivity index (χ2v) is 12.9. The minimum Gasteiger partial charge on any atom is -0.492 e. The van der Waals surface area contributed by atoms with Crippen molar-refractivity contribution >= 4 is 21.7 Å². The van der Waals surface area contributed by atoms with Gasteiger partial charge in [-0.15, -0.1) is 0 Å². The lowest BCUT2D eigenvalue weighted by molar-refractivity contribution is 0.0526. The van der Waals surface area contributed by atoms with E-state index in [0.717, 1.165) is 39.8 Å². The molecule has 0 heterocycles. The van der Waals surface area contributed by atoms with Gasteiger partial charge in [0.25, 0.3) is 0 Å². The van der Waals surface area contributed by atoms with Crippen molar-refractivity contribution in [1.82, 2.24) is 5.32 Å². The van der Waals surface area contributed by atoms with E-state index in [1.54, 1.807) is 37.3 Å². The molecule has 0 bridgehead atoms. The molecule has 46 heavy (non-hydrogen) atoms. The quantitative estimate of drug-likeness (QED) is 0.103. The van der Waals surface area contributed by atoms with Crippen molar-refractivity contribution in [3.05, 3.63) is 113 Å². The molecular formula is C36H42N2O7S. The fourth-order valence-electron chi connectivity index (χ4n) is 5.07. The standard InChI is InChI=1S/C36H42N2O7S/c1-6-43-36(40)29-14-12-28(13-15-29)31-20-24(2)35(25(3)21-31)44-19-18-37-26(4)34(39)30-16-17-33(32(22-30)38-46(5,41)42)45-23-27-10-8-7-9-11-27/h7-17,20-22,26,34,37-39H,6,18-19,23H2,1-5H3/t26-,34-/m0/s1. The van der Waals surface area contributed by atoms with Gasteiger partial charge in [0.2, 0.25) is 10.0 Å². The summed E-state index contributed by atoms with van der Waals surface area (Å²) in [6, 6.07) is 25.6. The first-order chi connectivity index (χ1) is 21.9. The Morgan fingerprint density at radius 2 is 1.57 bits per heavy atom. The number of hydrogen-bond donors (Lipinski definition) is 3. The van der Waals surface area contributed by atoms with Crippen LogP contribution in [0.25, 0.3) is 11.1 Å². The molecule has 9 nitrogen and oxygen atoms in total. The van der Waals surface area contributed by atoms with Crippen molar-refractivity contribution in [3.8, 4) is 22.6 Å². The minimum absolute atomic E-state index is 0.259. The molecule has 4 aromatic rings. The van der Waals surface area contributed by atoms with E-state index < -0.39 is 16.1 Å². The smallest absolute Gasteiger partial charge is 0.338 e. The highest BCUT2D eigenvalue weighted by atomic mass is 32.2. The van der Waals surface area contributed by atoms with Crippen molar-refractivity contribution in [2.75, 3.05) is 30.7 Å². The van der Waals surface area contributed by atoms with Crippen LogP contribution in [-0.4, -0.2) is 51.5 Å². The first kappa shape index (κ1) is 34.5. The van der Waals surface area contributed by atoms with Gasteiger partial charge < -0.3 is 24.6 Å². The normalized spacial score (nSPS) is 12.7. The lowest BCUT2D eigenvalue weighted by Crippen LogP contribution is -2.35. The van der Waals surface area contributed by atoms with Crippen molar-refractivity contribution in [2.24, 2.45) is 0 Å². The average molecular weight is 647 g/mol. The number of ether oxygens (including phenoxy) is 3. The zero-order chi connectivity index (χ0) is 33.3. The molecule has 0 unspecified atom stereocenters. The molecule has 4 rings (SSSR count). The van der Waals surface area contributed by atoms with E-state index in [1.165, 1.54) is 0 Å². The van der Waals surface area contributed by atoms with E-state index >= 15 is 0 Å². The topological polar surface area (TPSA) is 123 Å². The molecule has 0 saturated heterocycles. The van der Waals surface area contributed by atoms with Gasteiger partial charge in [-0.2, -0.15) is 0 Å². The van der Waals surface area contributed by atoms with Crippen LogP contribution in [0.2, 0.25) is 0 Å². The molecule has 3 N–H and O–H groups in total. The van der Waals surface area contributed by atoms with Crippen LogP contribution in [0.4, 0.5) is 5.69 Å². The number of anilines is 1. The van der Waals surface area contributed by atoms with E-state index in [-0.39, 0.29) is 24.3 Å². The third-order valence-electron chi connectivity index (χ3n) is 7.36. The summed E-state index contributed by atoms with van der Waals surface area (Å²) >= 11 is 0. The second-order valence-electron chi connectivity index (χ2n) is 11.2. The Hall–Kier alpha value is -4.38. The van der Waals surface area contributed by atoms with Gasteiger partial charge in [-0.05, 0) is 97.5 Å². The summed E-state index contributed by atoms with van der Waals surface area (Å²) in [6.45, 7) is 9.07. The Morgan fingerprint density at radius 3 is 2.20 bits per heavy atom. The van der Waals surface area contributed by atoms with Crippen molar-refractivity contribution in [1.29, 1.82) is 0 Å². The van der Waals surface area contributed by atoms with E-state index in [4.69, 9.17) is 14.2 Å². The van der Waals surface area contributed by atoms with Gasteiger partial charge in [0.15, 0.2) is 0 Å². The molecule has 0 radical (unpaired) electrons. The van der Waals surface area contributed by atoms with Gasteiger partial charge in [0.05, 0.1) is 30.2 Å². The van der Waals surface area contributed by atoms with Crippen molar-refractivity contribution < 1.29 is 32.5 Å². The van der Waals surface area contributed by atoms with Crippen LogP contribution in [0, 0.1) is 13.8 Å². The Bertz CT molecular complexity index is 1700. The number of rotatable bonds is 15. The molecule has 0 fully saturated rings. The summed E-state index contributed by atoms with van der Waals surface area (Å²) in [5.41, 5.74) is 6.24. The van der Waals surface area contributed by atoms with Crippen molar-refractivity contribution in [3.63, 3.8) is 0 Å². The predicted octanol–water partition coefficient (Wildman–Crippen LogP) is 6.19. The maximum atomic E-state index is 12.1. The summed E-state index contributed by atoms with van der Waals surface area (Å²) in [5, 5.41) is 14.4. The molecule has 0 aliphatic heterocycles. The fraction of sp³-hybridized carbons (Fsp3) is 0.306. The molecule has 2 atom stereocenters. The van der Waals surface area contributed by atoms with Gasteiger partial charge >= 0.3 is 5.97 Å². The zero-order valence-corrected chi connectivity index (χ0v) is 27.7. The van der Waals surface area contributed by atoms with Crippen molar-refractivity contribution in [2.45, 2.75) is 46.4 Å². The largest absolute Gasteiger partial charge is 0.492 e. The number of carbonyl (C=O) groups is 1. The predicted molar refractivity (Wildman–Crippen MR) is 181 cm³/mol. The van der Waals surface area contributed by atoms with E-state index in [2.05, 4.69) is 22.2 Å². The maximum Gasteiger partial charge on any atom is 0.338 e. The number of aliphatic hydroxyl groups is 1. The highest BCUT2D eigenvalue weighted by Gasteiger charge is 2.19. The van der Waals surface area contributed by atoms with Crippen LogP contribution in [0.15, 0.2) is 84.9 Å². The molecule has 0 saturated carbocycles. The Labute approximate surface area is 271 Å². The molecule has 0 aromatic heterocycles. The van der Waals surface area contributed by atoms with E-state index in [0.29, 0.717) is 36.6 Å². The summed E-state index contributed by atoms with van der Waals surface area (Å²) < 4.78 is 43.7. The first-order valence-electron chi connectivity index (χ1n) is 15.2. The SMILES string of the molecule is CCOC(=O)c1ccc(-c2cc(C)c(OCCN[C@@H](C)[C@H](O)c3ccc(OCc4ccccc4)c(NS(C)(=O)=O)c3)c(C)c2)cc1. The van der Waals surface area contributed by atoms with E-state index in [1.807, 2.05) is 63.2 Å². The minimum atomic E-state index is -3.58. The number of carbonyl (C=O) groups excluding carboxylic acids is 1. The zero-order valence-electron chi connectivity index (χ0n) is 26.9. The number of aryl methyl sites for hydroxylation is 2. The Balaban J connectivity index is 1.34. The average Bonchev–Trinajstić information content (AvgIpc) is 3.02. The molecule has 0 aliphatic rings. The third-order valence-corrected chi connectivity index (χ3v) is 7.95. The number of nitrogens with one attached hydrogen (secondary N) is 2. The fourth-order valence-corrected chi connectivity index (χ4v) is 5.63. The number of benzene rings is 4. The van der Waals surface area contributed by atoms with Gasteiger partial charge in [0, 0.05) is 12.6 Å². The molecule has 4 aromatic carbocycles. The van der Waals surface area contributed by atoms with Crippen LogP contribution < -0.4 is 19.5 Å². The summed E-state index contributed by atoms with van der Waals surface area (Å²) in [5.74, 6) is 0.825. The monoisotopic (exact) mass is 646 g/mol. The lowest BCUT2D eigenvalue weighted by atomic mass is 9.99. The number of esters is 1. The molecule has 10 heteroatoms. The highest BCUT2D eigenvalue weighted by Crippen LogP contribution is 2.32. The summed E-state index contributed by atoms with van der Waals surface area (Å²) in [7, 11) is -3.58. The molecule has 0 amide bonds. The number of sulfonamides is 1. The van der Waals surface area contributed by atoms with Crippen LogP contribution in [0.5, 0.6) is 11.5 Å². The maximum absolute atomic E-state index is 12.1. The second kappa shape index (κ2) is 15.8. The van der Waals surface area contributed by atoms with Gasteiger partial charge in [-0.3, -0.25) is 4.72 Å². The Kier molecular flexibility index (Phi) is 11.8. The van der Waals surface area contributed by atoms with E-state index in [9.17, 15) is 18.3 Å². The van der Waals surface area contributed by atoms with Crippen LogP contribution in [0.3, 0.4) is 0 Å². The number of hydrogen-bond acceptors (Lipinski definition) is 8. The first-order valence-corrected chi connectivity index (χ1v) is 17.1. The highest BCUT2D eigenvalue weighted by molar-refractivity contribution is 7.92. The molecule has 0 aliphatic carbocycles. The van der Waals surface area contributed by atoms with Gasteiger partial charge in [0.1, 0.15) is 24.7 Å². The van der Waals surface area contributed by atoms with Crippen LogP contribution in [0.1, 0.15) is 52.6 Å². The molecule has 244 valence electrons. The summed E-state index contributed by atoms with van der Waals surface area (Å²) in [6.07, 6.45) is 0.157. The van der Waals surface area contributed by atoms with Crippen LogP contribution >= 0.6 is 0 Å². The summed E-state index contributed by atoms with van der Waals surface area (Å²) in [4.78, 5) is 12.0.